The summed E-state index contributed by atoms with van der Waals surface area (Å²) in [5.74, 6) is -0.369. The molecule has 0 saturated carbocycles. The highest BCUT2D eigenvalue weighted by Gasteiger charge is 2.42. The van der Waals surface area contributed by atoms with Crippen LogP contribution < -0.4 is 0 Å². The normalized spacial score (nSPS) is 32.3. The molecular weight excluding hydrogens is 323 g/mol. The van der Waals surface area contributed by atoms with E-state index in [1.807, 2.05) is 13.8 Å². The third-order valence-corrected chi connectivity index (χ3v) is 5.18. The highest BCUT2D eigenvalue weighted by Crippen LogP contribution is 2.29. The second kappa shape index (κ2) is 10.7. The Morgan fingerprint density at radius 3 is 2.39 bits per heavy atom. The molecule has 1 heterocycles. The number of hydrogen-bond acceptors (Lipinski definition) is 7. The third kappa shape index (κ3) is 6.70. The molecule has 1 saturated heterocycles. The Hall–Kier alpha value is -0.140. The summed E-state index contributed by atoms with van der Waals surface area (Å²) in [7, 11) is -1.57. The Morgan fingerprint density at radius 2 is 1.78 bits per heavy atom. The Balaban J connectivity index is 2.16. The zero-order valence-corrected chi connectivity index (χ0v) is 15.0. The van der Waals surface area contributed by atoms with Gasteiger partial charge in [0.15, 0.2) is 11.9 Å². The van der Waals surface area contributed by atoms with E-state index < -0.39 is 32.6 Å². The van der Waals surface area contributed by atoms with Crippen LogP contribution in [0.4, 0.5) is 0 Å². The molecule has 6 unspecified atom stereocenters. The lowest BCUT2D eigenvalue weighted by atomic mass is 9.92. The van der Waals surface area contributed by atoms with E-state index in [9.17, 15) is 14.8 Å². The van der Waals surface area contributed by atoms with E-state index in [0.717, 1.165) is 19.3 Å². The predicted molar refractivity (Wildman–Crippen MR) is 85.4 cm³/mol. The van der Waals surface area contributed by atoms with Crippen LogP contribution in [0.3, 0.4) is 0 Å². The molecule has 23 heavy (non-hydrogen) atoms. The number of unbranched alkanes of at least 4 members (excludes halogenated alkanes) is 2. The molecule has 0 aromatic carbocycles. The summed E-state index contributed by atoms with van der Waals surface area (Å²) in [5, 5.41) is 28.8. The summed E-state index contributed by atoms with van der Waals surface area (Å²) < 4.78 is 27.7. The van der Waals surface area contributed by atoms with Crippen LogP contribution in [-0.2, 0) is 18.6 Å². The van der Waals surface area contributed by atoms with Gasteiger partial charge >= 0.3 is 8.03 Å². The molecule has 8 heteroatoms. The molecule has 7 nitrogen and oxygen atoms in total. The summed E-state index contributed by atoms with van der Waals surface area (Å²) >= 11 is 0. The number of hydrogen-bond donors (Lipinski definition) is 3. The van der Waals surface area contributed by atoms with E-state index in [-0.39, 0.29) is 18.2 Å². The SMILES string of the molecule is CC1C(OCCCCCO[P+](=O)C(C)C)OC(CO)C(O)C1O. The van der Waals surface area contributed by atoms with Gasteiger partial charge in [-0.3, -0.25) is 0 Å². The van der Waals surface area contributed by atoms with Crippen molar-refractivity contribution in [2.45, 2.75) is 70.3 Å². The van der Waals surface area contributed by atoms with Crippen LogP contribution in [0.25, 0.3) is 0 Å². The zero-order valence-electron chi connectivity index (χ0n) is 14.1. The Bertz CT molecular complexity index is 351. The average molecular weight is 353 g/mol. The monoisotopic (exact) mass is 353 g/mol. The van der Waals surface area contributed by atoms with Crippen LogP contribution in [0.5, 0.6) is 0 Å². The van der Waals surface area contributed by atoms with Gasteiger partial charge in [0.25, 0.3) is 0 Å². The fraction of sp³-hybridized carbons (Fsp3) is 1.00. The van der Waals surface area contributed by atoms with Gasteiger partial charge in [0, 0.05) is 12.5 Å². The van der Waals surface area contributed by atoms with Crippen molar-refractivity contribution in [2.75, 3.05) is 19.8 Å². The fourth-order valence-corrected chi connectivity index (χ4v) is 2.90. The van der Waals surface area contributed by atoms with Gasteiger partial charge in [-0.15, -0.1) is 4.52 Å². The number of aliphatic hydroxyl groups is 3. The van der Waals surface area contributed by atoms with Gasteiger partial charge < -0.3 is 24.8 Å². The van der Waals surface area contributed by atoms with Crippen LogP contribution in [0.2, 0.25) is 0 Å². The highest BCUT2D eigenvalue weighted by atomic mass is 31.1. The van der Waals surface area contributed by atoms with Crippen LogP contribution in [0.1, 0.15) is 40.0 Å². The van der Waals surface area contributed by atoms with Crippen molar-refractivity contribution in [3.05, 3.63) is 0 Å². The largest absolute Gasteiger partial charge is 0.510 e. The first-order chi connectivity index (χ1) is 10.9. The quantitative estimate of drug-likeness (QED) is 0.403. The lowest BCUT2D eigenvalue weighted by Crippen LogP contribution is -2.55. The van der Waals surface area contributed by atoms with Crippen molar-refractivity contribution in [3.63, 3.8) is 0 Å². The number of aliphatic hydroxyl groups excluding tert-OH is 3. The minimum absolute atomic E-state index is 0.0412. The van der Waals surface area contributed by atoms with Crippen molar-refractivity contribution < 1.29 is 33.9 Å². The van der Waals surface area contributed by atoms with Gasteiger partial charge in [-0.2, -0.15) is 0 Å². The van der Waals surface area contributed by atoms with Crippen molar-refractivity contribution in [2.24, 2.45) is 5.92 Å². The van der Waals surface area contributed by atoms with E-state index in [0.29, 0.717) is 13.2 Å². The first-order valence-electron chi connectivity index (χ1n) is 8.21. The van der Waals surface area contributed by atoms with Gasteiger partial charge in [-0.1, -0.05) is 6.92 Å². The van der Waals surface area contributed by atoms with Crippen LogP contribution in [0, 0.1) is 5.92 Å². The lowest BCUT2D eigenvalue weighted by Gasteiger charge is -2.40. The predicted octanol–water partition coefficient (Wildman–Crippen LogP) is 1.42. The third-order valence-electron chi connectivity index (χ3n) is 3.90. The van der Waals surface area contributed by atoms with Crippen LogP contribution in [0.15, 0.2) is 0 Å². The molecule has 6 atom stereocenters. The lowest BCUT2D eigenvalue weighted by molar-refractivity contribution is -0.282. The number of ether oxygens (including phenoxy) is 2. The molecule has 1 aliphatic rings. The zero-order chi connectivity index (χ0) is 17.4. The minimum Gasteiger partial charge on any atom is -0.394 e. The molecule has 1 aliphatic heterocycles. The van der Waals surface area contributed by atoms with Gasteiger partial charge in [0.2, 0.25) is 0 Å². The maximum absolute atomic E-state index is 11.4. The number of rotatable bonds is 10. The van der Waals surface area contributed by atoms with E-state index in [1.165, 1.54) is 0 Å². The fourth-order valence-electron chi connectivity index (χ4n) is 2.29. The van der Waals surface area contributed by atoms with Gasteiger partial charge in [-0.05, 0) is 37.7 Å². The van der Waals surface area contributed by atoms with Crippen LogP contribution in [-0.4, -0.2) is 65.4 Å². The maximum Gasteiger partial charge on any atom is 0.510 e. The summed E-state index contributed by atoms with van der Waals surface area (Å²) in [4.78, 5) is 0. The minimum atomic E-state index is -1.57. The van der Waals surface area contributed by atoms with E-state index >= 15 is 0 Å². The Kier molecular flexibility index (Phi) is 9.70. The van der Waals surface area contributed by atoms with Crippen molar-refractivity contribution in [3.8, 4) is 0 Å². The molecule has 0 amide bonds. The van der Waals surface area contributed by atoms with E-state index in [4.69, 9.17) is 19.1 Å². The van der Waals surface area contributed by atoms with Crippen molar-refractivity contribution >= 4 is 8.03 Å². The van der Waals surface area contributed by atoms with Crippen molar-refractivity contribution in [1.29, 1.82) is 0 Å². The molecule has 0 bridgehead atoms. The van der Waals surface area contributed by atoms with E-state index in [2.05, 4.69) is 0 Å². The molecule has 0 aromatic rings. The van der Waals surface area contributed by atoms with Gasteiger partial charge in [0.05, 0.1) is 12.7 Å². The van der Waals surface area contributed by atoms with Gasteiger partial charge in [0.1, 0.15) is 18.8 Å². The molecule has 0 aliphatic carbocycles. The summed E-state index contributed by atoms with van der Waals surface area (Å²) in [6.07, 6.45) is -1.09. The molecular formula is C15H30O7P+. The molecule has 1 rings (SSSR count). The second-order valence-corrected chi connectivity index (χ2v) is 8.07. The molecule has 3 N–H and O–H groups in total. The second-order valence-electron chi connectivity index (χ2n) is 6.21. The summed E-state index contributed by atoms with van der Waals surface area (Å²) in [6, 6.07) is 0. The maximum atomic E-state index is 11.4. The molecule has 1 fully saturated rings. The topological polar surface area (TPSA) is 105 Å². The summed E-state index contributed by atoms with van der Waals surface area (Å²) in [5.41, 5.74) is 0.0412. The average Bonchev–Trinajstić information content (AvgIpc) is 2.53. The Labute approximate surface area is 138 Å². The first-order valence-corrected chi connectivity index (χ1v) is 9.46. The van der Waals surface area contributed by atoms with Crippen LogP contribution >= 0.6 is 8.03 Å². The molecule has 0 aromatic heterocycles. The smallest absolute Gasteiger partial charge is 0.394 e. The Morgan fingerprint density at radius 1 is 1.13 bits per heavy atom. The van der Waals surface area contributed by atoms with E-state index in [1.54, 1.807) is 6.92 Å². The molecule has 0 radical (unpaired) electrons. The molecule has 0 spiro atoms. The van der Waals surface area contributed by atoms with Gasteiger partial charge in [-0.25, -0.2) is 0 Å². The molecule has 136 valence electrons. The highest BCUT2D eigenvalue weighted by molar-refractivity contribution is 7.39. The van der Waals surface area contributed by atoms with Crippen molar-refractivity contribution in [1.82, 2.24) is 0 Å². The first kappa shape index (κ1) is 20.9. The standard InChI is InChI=1S/C15H30O7P/c1-10(2)23(19)21-8-6-4-5-7-20-15-11(3)13(17)14(18)12(9-16)22-15/h10-18H,4-9H2,1-3H3/q+1. The summed E-state index contributed by atoms with van der Waals surface area (Å²) in [6.45, 7) is 6.03.